The molecule has 0 amide bonds. The molecule has 0 saturated carbocycles. The summed E-state index contributed by atoms with van der Waals surface area (Å²) in [6.45, 7) is 1.83. The minimum absolute atomic E-state index is 0.294. The third kappa shape index (κ3) is 4.81. The first-order valence-electron chi connectivity index (χ1n) is 5.50. The number of rotatable bonds is 7. The smallest absolute Gasteiger partial charge is 0.0431 e. The van der Waals surface area contributed by atoms with Crippen LogP contribution in [0.5, 0.6) is 0 Å². The summed E-state index contributed by atoms with van der Waals surface area (Å²) in [6.07, 6.45) is 3.05. The first-order valence-corrected chi connectivity index (χ1v) is 5.50. The average molecular weight is 208 g/mol. The summed E-state index contributed by atoms with van der Waals surface area (Å²) in [5.41, 5.74) is 7.83. The summed E-state index contributed by atoms with van der Waals surface area (Å²) in [6, 6.07) is 8.16. The van der Waals surface area contributed by atoms with Gasteiger partial charge in [0.2, 0.25) is 0 Å². The zero-order chi connectivity index (χ0) is 10.9. The molecule has 0 fully saturated rings. The monoisotopic (exact) mass is 208 g/mol. The van der Waals surface area contributed by atoms with Crippen LogP contribution in [0.4, 0.5) is 5.69 Å². The van der Waals surface area contributed by atoms with Crippen LogP contribution in [0.2, 0.25) is 0 Å². The van der Waals surface area contributed by atoms with Crippen LogP contribution in [0.25, 0.3) is 0 Å². The molecule has 0 saturated heterocycles. The van der Waals surface area contributed by atoms with Gasteiger partial charge in [0, 0.05) is 25.4 Å². The fraction of sp³-hybridized carbons (Fsp3) is 0.500. The molecule has 84 valence electrons. The van der Waals surface area contributed by atoms with Crippen molar-refractivity contribution in [3.05, 3.63) is 29.8 Å². The van der Waals surface area contributed by atoms with Gasteiger partial charge in [0.05, 0.1) is 0 Å². The van der Waals surface area contributed by atoms with Gasteiger partial charge in [-0.15, -0.1) is 0 Å². The second kappa shape index (κ2) is 7.26. The van der Waals surface area contributed by atoms with Crippen LogP contribution < -0.4 is 11.1 Å². The lowest BCUT2D eigenvalue weighted by atomic mass is 10.2. The van der Waals surface area contributed by atoms with Crippen LogP contribution in [0.1, 0.15) is 24.8 Å². The Morgan fingerprint density at radius 2 is 2.07 bits per heavy atom. The molecule has 0 bridgehead atoms. The molecule has 3 nitrogen and oxygen atoms in total. The summed E-state index contributed by atoms with van der Waals surface area (Å²) in [5, 5.41) is 12.0. The Morgan fingerprint density at radius 3 is 2.80 bits per heavy atom. The highest BCUT2D eigenvalue weighted by Crippen LogP contribution is 2.10. The zero-order valence-electron chi connectivity index (χ0n) is 9.08. The Labute approximate surface area is 91.3 Å². The molecule has 0 spiro atoms. The van der Waals surface area contributed by atoms with Crippen molar-refractivity contribution in [1.82, 2.24) is 0 Å². The van der Waals surface area contributed by atoms with E-state index in [-0.39, 0.29) is 0 Å². The van der Waals surface area contributed by atoms with E-state index in [4.69, 9.17) is 10.8 Å². The molecule has 15 heavy (non-hydrogen) atoms. The molecule has 3 heteroatoms. The topological polar surface area (TPSA) is 58.3 Å². The van der Waals surface area contributed by atoms with E-state index in [1.54, 1.807) is 0 Å². The highest BCUT2D eigenvalue weighted by atomic mass is 16.2. The number of hydrogen-bond donors (Lipinski definition) is 3. The largest absolute Gasteiger partial charge is 0.396 e. The van der Waals surface area contributed by atoms with Crippen LogP contribution in [-0.4, -0.2) is 18.3 Å². The van der Waals surface area contributed by atoms with Crippen molar-refractivity contribution in [2.75, 3.05) is 18.5 Å². The molecule has 0 aliphatic carbocycles. The Bertz CT molecular complexity index is 276. The van der Waals surface area contributed by atoms with E-state index >= 15 is 0 Å². The fourth-order valence-corrected chi connectivity index (χ4v) is 1.45. The molecule has 4 N–H and O–H groups in total. The standard InChI is InChI=1S/C12H20N2O/c13-10-11-5-4-6-12(9-11)14-7-2-1-3-8-15/h4-6,9,14-15H,1-3,7-8,10,13H2. The molecule has 0 aliphatic heterocycles. The van der Waals surface area contributed by atoms with Gasteiger partial charge in [0.15, 0.2) is 0 Å². The van der Waals surface area contributed by atoms with Gasteiger partial charge in [0.1, 0.15) is 0 Å². The maximum Gasteiger partial charge on any atom is 0.0431 e. The molecule has 1 aromatic rings. The van der Waals surface area contributed by atoms with E-state index in [0.717, 1.165) is 37.1 Å². The first-order chi connectivity index (χ1) is 7.36. The Hall–Kier alpha value is -1.06. The van der Waals surface area contributed by atoms with Crippen LogP contribution >= 0.6 is 0 Å². The van der Waals surface area contributed by atoms with E-state index < -0.39 is 0 Å². The maximum absolute atomic E-state index is 8.62. The van der Waals surface area contributed by atoms with Crippen molar-refractivity contribution in [3.63, 3.8) is 0 Å². The number of benzene rings is 1. The SMILES string of the molecule is NCc1cccc(NCCCCCO)c1. The third-order valence-electron chi connectivity index (χ3n) is 2.33. The lowest BCUT2D eigenvalue weighted by molar-refractivity contribution is 0.283. The van der Waals surface area contributed by atoms with E-state index in [2.05, 4.69) is 11.4 Å². The van der Waals surface area contributed by atoms with E-state index in [0.29, 0.717) is 13.2 Å². The summed E-state index contributed by atoms with van der Waals surface area (Å²) in [5.74, 6) is 0. The molecule has 0 radical (unpaired) electrons. The molecule has 1 aromatic carbocycles. The number of aliphatic hydroxyl groups excluding tert-OH is 1. The maximum atomic E-state index is 8.62. The van der Waals surface area contributed by atoms with Gasteiger partial charge in [-0.25, -0.2) is 0 Å². The van der Waals surface area contributed by atoms with Gasteiger partial charge in [-0.3, -0.25) is 0 Å². The van der Waals surface area contributed by atoms with Gasteiger partial charge in [0.25, 0.3) is 0 Å². The second-order valence-corrected chi connectivity index (χ2v) is 3.62. The number of hydrogen-bond acceptors (Lipinski definition) is 3. The molecular weight excluding hydrogens is 188 g/mol. The highest BCUT2D eigenvalue weighted by Gasteiger charge is 1.93. The predicted octanol–water partition coefficient (Wildman–Crippen LogP) is 1.72. The van der Waals surface area contributed by atoms with E-state index in [1.807, 2.05) is 18.2 Å². The summed E-state index contributed by atoms with van der Waals surface area (Å²) < 4.78 is 0. The molecule has 0 aromatic heterocycles. The predicted molar refractivity (Wildman–Crippen MR) is 63.8 cm³/mol. The van der Waals surface area contributed by atoms with Gasteiger partial charge < -0.3 is 16.2 Å². The number of nitrogens with two attached hydrogens (primary N) is 1. The lowest BCUT2D eigenvalue weighted by Crippen LogP contribution is -2.03. The fourth-order valence-electron chi connectivity index (χ4n) is 1.45. The van der Waals surface area contributed by atoms with Crippen LogP contribution in [0, 0.1) is 0 Å². The van der Waals surface area contributed by atoms with Gasteiger partial charge in [-0.2, -0.15) is 0 Å². The summed E-state index contributed by atoms with van der Waals surface area (Å²) >= 11 is 0. The molecular formula is C12H20N2O. The van der Waals surface area contributed by atoms with Crippen LogP contribution in [-0.2, 0) is 6.54 Å². The zero-order valence-corrected chi connectivity index (χ0v) is 9.08. The van der Waals surface area contributed by atoms with E-state index in [1.165, 1.54) is 0 Å². The molecule has 1 rings (SSSR count). The second-order valence-electron chi connectivity index (χ2n) is 3.62. The van der Waals surface area contributed by atoms with Crippen molar-refractivity contribution >= 4 is 5.69 Å². The Morgan fingerprint density at radius 1 is 1.20 bits per heavy atom. The molecule has 0 heterocycles. The number of aliphatic hydroxyl groups is 1. The van der Waals surface area contributed by atoms with Crippen molar-refractivity contribution < 1.29 is 5.11 Å². The van der Waals surface area contributed by atoms with Crippen molar-refractivity contribution in [1.29, 1.82) is 0 Å². The molecule has 0 unspecified atom stereocenters. The molecule has 0 atom stereocenters. The summed E-state index contributed by atoms with van der Waals surface area (Å²) in [4.78, 5) is 0. The lowest BCUT2D eigenvalue weighted by Gasteiger charge is -2.07. The minimum atomic E-state index is 0.294. The number of nitrogens with one attached hydrogen (secondary N) is 1. The van der Waals surface area contributed by atoms with Crippen LogP contribution in [0.3, 0.4) is 0 Å². The minimum Gasteiger partial charge on any atom is -0.396 e. The average Bonchev–Trinajstić information content (AvgIpc) is 2.29. The normalized spacial score (nSPS) is 10.3. The van der Waals surface area contributed by atoms with Gasteiger partial charge >= 0.3 is 0 Å². The van der Waals surface area contributed by atoms with Gasteiger partial charge in [-0.05, 0) is 37.0 Å². The first kappa shape index (κ1) is 12.0. The van der Waals surface area contributed by atoms with Crippen molar-refractivity contribution in [3.8, 4) is 0 Å². The Kier molecular flexibility index (Phi) is 5.81. The third-order valence-corrected chi connectivity index (χ3v) is 2.33. The van der Waals surface area contributed by atoms with Crippen molar-refractivity contribution in [2.24, 2.45) is 5.73 Å². The Balaban J connectivity index is 2.24. The summed E-state index contributed by atoms with van der Waals surface area (Å²) in [7, 11) is 0. The number of anilines is 1. The van der Waals surface area contributed by atoms with Gasteiger partial charge in [-0.1, -0.05) is 12.1 Å². The number of unbranched alkanes of at least 4 members (excludes halogenated alkanes) is 2. The van der Waals surface area contributed by atoms with E-state index in [9.17, 15) is 0 Å². The highest BCUT2D eigenvalue weighted by molar-refractivity contribution is 5.45. The van der Waals surface area contributed by atoms with Crippen LogP contribution in [0.15, 0.2) is 24.3 Å². The van der Waals surface area contributed by atoms with Crippen molar-refractivity contribution in [2.45, 2.75) is 25.8 Å². The quantitative estimate of drug-likeness (QED) is 0.598. The molecule has 0 aliphatic rings.